The highest BCUT2D eigenvalue weighted by Gasteiger charge is 2.30. The van der Waals surface area contributed by atoms with Crippen LogP contribution in [0.3, 0.4) is 0 Å². The summed E-state index contributed by atoms with van der Waals surface area (Å²) >= 11 is 5.84. The van der Waals surface area contributed by atoms with Gasteiger partial charge in [-0.1, -0.05) is 23.7 Å². The second-order valence-corrected chi connectivity index (χ2v) is 5.33. The first-order valence-corrected chi connectivity index (χ1v) is 6.78. The summed E-state index contributed by atoms with van der Waals surface area (Å²) in [6.07, 6.45) is 9.45. The lowest BCUT2D eigenvalue weighted by Crippen LogP contribution is -2.43. The lowest BCUT2D eigenvalue weighted by Gasteiger charge is -2.37. The first-order chi connectivity index (χ1) is 8.34. The number of aromatic nitrogens is 1. The molecule has 1 aliphatic heterocycles. The smallest absolute Gasteiger partial charge is 0.129 e. The third kappa shape index (κ3) is 2.24. The summed E-state index contributed by atoms with van der Waals surface area (Å²) in [5.41, 5.74) is 2.64. The van der Waals surface area contributed by atoms with Crippen LogP contribution >= 0.6 is 11.6 Å². The Morgan fingerprint density at radius 2 is 2.24 bits per heavy atom. The van der Waals surface area contributed by atoms with E-state index in [1.807, 2.05) is 12.3 Å². The van der Waals surface area contributed by atoms with E-state index >= 15 is 0 Å². The summed E-state index contributed by atoms with van der Waals surface area (Å²) in [5, 5.41) is 4.22. The molecule has 2 atom stereocenters. The average molecular weight is 249 g/mol. The van der Waals surface area contributed by atoms with E-state index in [9.17, 15) is 0 Å². The van der Waals surface area contributed by atoms with Gasteiger partial charge in [-0.15, -0.1) is 0 Å². The molecule has 90 valence electrons. The van der Waals surface area contributed by atoms with Gasteiger partial charge in [0.25, 0.3) is 0 Å². The molecule has 0 aromatic carbocycles. The van der Waals surface area contributed by atoms with Crippen molar-refractivity contribution in [2.75, 3.05) is 6.54 Å². The van der Waals surface area contributed by atoms with Crippen molar-refractivity contribution in [3.05, 3.63) is 35.1 Å². The lowest BCUT2D eigenvalue weighted by atomic mass is 9.77. The Hall–Kier alpha value is -0.860. The zero-order valence-corrected chi connectivity index (χ0v) is 10.6. The zero-order chi connectivity index (χ0) is 11.7. The van der Waals surface area contributed by atoms with Crippen LogP contribution in [0.1, 0.15) is 31.2 Å². The van der Waals surface area contributed by atoms with Gasteiger partial charge in [0.05, 0.1) is 0 Å². The third-order valence-corrected chi connectivity index (χ3v) is 4.11. The third-order valence-electron chi connectivity index (χ3n) is 3.88. The van der Waals surface area contributed by atoms with Crippen LogP contribution in [0.5, 0.6) is 0 Å². The summed E-state index contributed by atoms with van der Waals surface area (Å²) in [7, 11) is 0. The van der Waals surface area contributed by atoms with Crippen molar-refractivity contribution in [2.45, 2.75) is 31.7 Å². The summed E-state index contributed by atoms with van der Waals surface area (Å²) in [5.74, 6) is 0.805. The molecule has 0 spiro atoms. The number of pyridine rings is 1. The van der Waals surface area contributed by atoms with Gasteiger partial charge in [0.15, 0.2) is 0 Å². The molecule has 2 aliphatic rings. The van der Waals surface area contributed by atoms with Crippen LogP contribution in [0.2, 0.25) is 5.15 Å². The highest BCUT2D eigenvalue weighted by molar-refractivity contribution is 6.29. The quantitative estimate of drug-likeness (QED) is 0.772. The van der Waals surface area contributed by atoms with Gasteiger partial charge in [-0.05, 0) is 55.3 Å². The Morgan fingerprint density at radius 1 is 1.29 bits per heavy atom. The molecule has 1 N–H and O–H groups in total. The Bertz CT molecular complexity index is 424. The normalized spacial score (nSPS) is 28.4. The van der Waals surface area contributed by atoms with Gasteiger partial charge in [0, 0.05) is 12.2 Å². The van der Waals surface area contributed by atoms with Crippen LogP contribution in [0.4, 0.5) is 0 Å². The monoisotopic (exact) mass is 248 g/mol. The maximum atomic E-state index is 5.84. The number of allylic oxidation sites excluding steroid dienone is 1. The number of nitrogens with one attached hydrogen (secondary N) is 1. The highest BCUT2D eigenvalue weighted by Crippen LogP contribution is 2.35. The number of hydrogen-bond donors (Lipinski definition) is 1. The van der Waals surface area contributed by atoms with Crippen LogP contribution in [0.25, 0.3) is 5.57 Å². The second-order valence-electron chi connectivity index (χ2n) is 4.94. The number of hydrogen-bond acceptors (Lipinski definition) is 2. The molecule has 1 fully saturated rings. The molecule has 1 aromatic heterocycles. The van der Waals surface area contributed by atoms with Crippen molar-refractivity contribution >= 4 is 17.2 Å². The van der Waals surface area contributed by atoms with E-state index in [1.54, 1.807) is 0 Å². The minimum absolute atomic E-state index is 0.528. The first-order valence-electron chi connectivity index (χ1n) is 6.40. The number of halogens is 1. The summed E-state index contributed by atoms with van der Waals surface area (Å²) in [6, 6.07) is 4.49. The van der Waals surface area contributed by atoms with Gasteiger partial charge in [-0.3, -0.25) is 0 Å². The maximum absolute atomic E-state index is 5.84. The van der Waals surface area contributed by atoms with E-state index in [2.05, 4.69) is 22.4 Å². The minimum Gasteiger partial charge on any atom is -0.310 e. The molecule has 2 nitrogen and oxygen atoms in total. The molecule has 0 amide bonds. The summed E-state index contributed by atoms with van der Waals surface area (Å²) in [4.78, 5) is 4.19. The largest absolute Gasteiger partial charge is 0.310 e. The van der Waals surface area contributed by atoms with Crippen molar-refractivity contribution in [3.8, 4) is 0 Å². The number of fused-ring (bicyclic) bond motifs is 1. The molecule has 0 bridgehead atoms. The molecule has 1 saturated heterocycles. The fourth-order valence-corrected chi connectivity index (χ4v) is 3.17. The Labute approximate surface area is 107 Å². The Morgan fingerprint density at radius 3 is 3.06 bits per heavy atom. The van der Waals surface area contributed by atoms with Gasteiger partial charge >= 0.3 is 0 Å². The van der Waals surface area contributed by atoms with Gasteiger partial charge in [0.2, 0.25) is 0 Å². The van der Waals surface area contributed by atoms with Gasteiger partial charge in [-0.2, -0.15) is 0 Å². The predicted molar refractivity (Wildman–Crippen MR) is 71.0 cm³/mol. The Kier molecular flexibility index (Phi) is 3.17. The molecule has 0 saturated carbocycles. The maximum Gasteiger partial charge on any atom is 0.129 e. The van der Waals surface area contributed by atoms with Crippen LogP contribution in [0.15, 0.2) is 24.4 Å². The summed E-state index contributed by atoms with van der Waals surface area (Å²) in [6.45, 7) is 1.14. The van der Waals surface area contributed by atoms with E-state index < -0.39 is 0 Å². The summed E-state index contributed by atoms with van der Waals surface area (Å²) < 4.78 is 0. The molecule has 3 rings (SSSR count). The van der Waals surface area contributed by atoms with Crippen molar-refractivity contribution in [2.24, 2.45) is 5.92 Å². The molecule has 3 heteroatoms. The van der Waals surface area contributed by atoms with Crippen molar-refractivity contribution in [1.82, 2.24) is 10.3 Å². The average Bonchev–Trinajstić information content (AvgIpc) is 2.39. The second kappa shape index (κ2) is 4.79. The molecular formula is C14H17ClN2. The van der Waals surface area contributed by atoms with Crippen molar-refractivity contribution in [1.29, 1.82) is 0 Å². The first kappa shape index (κ1) is 11.2. The van der Waals surface area contributed by atoms with Gasteiger partial charge < -0.3 is 5.32 Å². The lowest BCUT2D eigenvalue weighted by molar-refractivity contribution is 0.304. The van der Waals surface area contributed by atoms with E-state index in [0.717, 1.165) is 12.5 Å². The molecular weight excluding hydrogens is 232 g/mol. The van der Waals surface area contributed by atoms with Crippen LogP contribution in [-0.2, 0) is 0 Å². The topological polar surface area (TPSA) is 24.9 Å². The SMILES string of the molecule is Clc1ccc(C2=CCC[C@@H]3CCCN[C@H]23)cn1. The highest BCUT2D eigenvalue weighted by atomic mass is 35.5. The minimum atomic E-state index is 0.528. The van der Waals surface area contributed by atoms with Gasteiger partial charge in [0.1, 0.15) is 5.15 Å². The van der Waals surface area contributed by atoms with E-state index in [0.29, 0.717) is 11.2 Å². The molecule has 1 aromatic rings. The number of nitrogens with zero attached hydrogens (tertiary/aromatic N) is 1. The van der Waals surface area contributed by atoms with Crippen LogP contribution in [0, 0.1) is 5.92 Å². The molecule has 2 heterocycles. The fourth-order valence-electron chi connectivity index (χ4n) is 3.05. The van der Waals surface area contributed by atoms with E-state index in [4.69, 9.17) is 11.6 Å². The van der Waals surface area contributed by atoms with Crippen molar-refractivity contribution < 1.29 is 0 Å². The number of piperidine rings is 1. The van der Waals surface area contributed by atoms with Gasteiger partial charge in [-0.25, -0.2) is 4.98 Å². The standard InChI is InChI=1S/C14H17ClN2/c15-13-7-6-11(9-17-13)12-5-1-3-10-4-2-8-16-14(10)12/h5-7,9-10,14,16H,1-4,8H2/t10-,14+/m1/s1. The van der Waals surface area contributed by atoms with Crippen LogP contribution < -0.4 is 5.32 Å². The Balaban J connectivity index is 1.90. The van der Waals surface area contributed by atoms with Crippen LogP contribution in [-0.4, -0.2) is 17.6 Å². The predicted octanol–water partition coefficient (Wildman–Crippen LogP) is 3.28. The molecule has 0 radical (unpaired) electrons. The van der Waals surface area contributed by atoms with Crippen molar-refractivity contribution in [3.63, 3.8) is 0 Å². The molecule has 1 aliphatic carbocycles. The van der Waals surface area contributed by atoms with E-state index in [1.165, 1.54) is 36.8 Å². The fraction of sp³-hybridized carbons (Fsp3) is 0.500. The molecule has 17 heavy (non-hydrogen) atoms. The molecule has 0 unspecified atom stereocenters. The number of rotatable bonds is 1. The van der Waals surface area contributed by atoms with E-state index in [-0.39, 0.29) is 0 Å². The zero-order valence-electron chi connectivity index (χ0n) is 9.82.